The number of benzene rings is 2. The van der Waals surface area contributed by atoms with Crippen molar-refractivity contribution in [3.05, 3.63) is 65.2 Å². The fraction of sp³-hybridized carbons (Fsp3) is 0.435. The van der Waals surface area contributed by atoms with Crippen molar-refractivity contribution >= 4 is 11.6 Å². The van der Waals surface area contributed by atoms with Crippen molar-refractivity contribution in [3.8, 4) is 0 Å². The Morgan fingerprint density at radius 2 is 1.89 bits per heavy atom. The van der Waals surface area contributed by atoms with Crippen molar-refractivity contribution < 1.29 is 0 Å². The van der Waals surface area contributed by atoms with Crippen LogP contribution in [0.4, 0.5) is 5.69 Å². The average molecular weight is 380 g/mol. The van der Waals surface area contributed by atoms with Crippen LogP contribution in [0, 0.1) is 13.8 Å². The Balaban J connectivity index is 1.51. The Hall–Kier alpha value is -2.37. The fourth-order valence-corrected chi connectivity index (χ4v) is 3.70. The Bertz CT molecular complexity index is 787. The highest BCUT2D eigenvalue weighted by Gasteiger charge is 2.25. The predicted molar refractivity (Wildman–Crippen MR) is 119 cm³/mol. The van der Waals surface area contributed by atoms with Crippen molar-refractivity contribution in [3.63, 3.8) is 0 Å². The zero-order chi connectivity index (χ0) is 19.9. The van der Waals surface area contributed by atoms with E-state index in [4.69, 9.17) is 5.73 Å². The molecule has 28 heavy (non-hydrogen) atoms. The molecule has 0 aliphatic carbocycles. The van der Waals surface area contributed by atoms with Crippen molar-refractivity contribution in [1.29, 1.82) is 0 Å². The number of hydrogen-bond acceptors (Lipinski definition) is 3. The molecule has 2 aromatic rings. The van der Waals surface area contributed by atoms with Crippen molar-refractivity contribution in [1.82, 2.24) is 9.80 Å². The van der Waals surface area contributed by atoms with Gasteiger partial charge in [0.1, 0.15) is 0 Å². The fourth-order valence-electron chi connectivity index (χ4n) is 3.70. The summed E-state index contributed by atoms with van der Waals surface area (Å²) in [6.07, 6.45) is 1.00. The third kappa shape index (κ3) is 5.57. The van der Waals surface area contributed by atoms with Crippen LogP contribution in [-0.4, -0.2) is 55.5 Å². The minimum atomic E-state index is 0.454. The first-order valence-electron chi connectivity index (χ1n) is 10.1. The van der Waals surface area contributed by atoms with Gasteiger partial charge in [0.15, 0.2) is 5.96 Å². The molecule has 1 heterocycles. The van der Waals surface area contributed by atoms with Gasteiger partial charge in [-0.25, -0.2) is 0 Å². The van der Waals surface area contributed by atoms with Gasteiger partial charge in [0, 0.05) is 44.5 Å². The lowest BCUT2D eigenvalue weighted by Gasteiger charge is -2.40. The summed E-state index contributed by atoms with van der Waals surface area (Å²) in [7, 11) is 2.21. The summed E-state index contributed by atoms with van der Waals surface area (Å²) < 4.78 is 0. The number of nitrogens with one attached hydrogen (secondary N) is 1. The van der Waals surface area contributed by atoms with Gasteiger partial charge in [-0.2, -0.15) is 0 Å². The molecule has 1 atom stereocenters. The van der Waals surface area contributed by atoms with E-state index < -0.39 is 0 Å². The smallest absolute Gasteiger partial charge is 0.193 e. The molecular weight excluding hydrogens is 346 g/mol. The van der Waals surface area contributed by atoms with Crippen molar-refractivity contribution in [2.45, 2.75) is 26.3 Å². The van der Waals surface area contributed by atoms with Gasteiger partial charge in [-0.3, -0.25) is 9.89 Å². The van der Waals surface area contributed by atoms with Crippen molar-refractivity contribution in [2.75, 3.05) is 45.1 Å². The minimum absolute atomic E-state index is 0.454. The summed E-state index contributed by atoms with van der Waals surface area (Å²) in [6, 6.07) is 17.5. The molecule has 0 spiro atoms. The van der Waals surface area contributed by atoms with E-state index in [-0.39, 0.29) is 0 Å². The van der Waals surface area contributed by atoms with Gasteiger partial charge in [0.25, 0.3) is 0 Å². The van der Waals surface area contributed by atoms with Gasteiger partial charge in [-0.15, -0.1) is 0 Å². The number of anilines is 1. The zero-order valence-corrected chi connectivity index (χ0v) is 17.4. The number of hydrogen-bond donors (Lipinski definition) is 2. The van der Waals surface area contributed by atoms with Crippen LogP contribution in [0.1, 0.15) is 29.2 Å². The lowest BCUT2D eigenvalue weighted by Crippen LogP contribution is -2.47. The van der Waals surface area contributed by atoms with E-state index in [1.165, 1.54) is 16.7 Å². The molecule has 3 rings (SSSR count). The van der Waals surface area contributed by atoms with Crippen molar-refractivity contribution in [2.24, 2.45) is 10.7 Å². The molecule has 150 valence electrons. The second kappa shape index (κ2) is 9.71. The Morgan fingerprint density at radius 1 is 1.11 bits per heavy atom. The van der Waals surface area contributed by atoms with E-state index in [1.807, 2.05) is 6.07 Å². The van der Waals surface area contributed by atoms with E-state index >= 15 is 0 Å². The first kappa shape index (κ1) is 20.4. The number of aliphatic imine (C=N–C) groups is 1. The lowest BCUT2D eigenvalue weighted by molar-refractivity contribution is 0.0894. The quantitative estimate of drug-likeness (QED) is 0.459. The monoisotopic (exact) mass is 379 g/mol. The van der Waals surface area contributed by atoms with Gasteiger partial charge in [-0.1, -0.05) is 36.4 Å². The van der Waals surface area contributed by atoms with E-state index in [2.05, 4.69) is 83.5 Å². The standard InChI is InChI=1S/C23H33N5/c1-18-10-11-21(16-19(18)2)26-23(24)25-12-7-13-28-15-14-27(3)17-22(28)20-8-5-4-6-9-20/h4-6,8-11,16,22H,7,12-15,17H2,1-3H3,(H3,24,25,26). The molecule has 3 N–H and O–H groups in total. The van der Waals surface area contributed by atoms with Gasteiger partial charge < -0.3 is 16.0 Å². The molecule has 1 aliphatic heterocycles. The van der Waals surface area contributed by atoms with Crippen LogP contribution in [0.2, 0.25) is 0 Å². The molecule has 2 aromatic carbocycles. The third-order valence-electron chi connectivity index (χ3n) is 5.54. The van der Waals surface area contributed by atoms with E-state index in [0.29, 0.717) is 12.0 Å². The molecule has 0 aromatic heterocycles. The average Bonchev–Trinajstić information content (AvgIpc) is 2.69. The summed E-state index contributed by atoms with van der Waals surface area (Å²) in [5.41, 5.74) is 11.0. The first-order chi connectivity index (χ1) is 13.5. The van der Waals surface area contributed by atoms with Gasteiger partial charge in [-0.05, 0) is 56.1 Å². The number of likely N-dealkylation sites (N-methyl/N-ethyl adjacent to an activating group) is 1. The van der Waals surface area contributed by atoms with Crippen LogP contribution in [0.5, 0.6) is 0 Å². The maximum absolute atomic E-state index is 6.07. The first-order valence-corrected chi connectivity index (χ1v) is 10.1. The van der Waals surface area contributed by atoms with Gasteiger partial charge >= 0.3 is 0 Å². The highest BCUT2D eigenvalue weighted by atomic mass is 15.3. The number of aryl methyl sites for hydroxylation is 2. The summed E-state index contributed by atoms with van der Waals surface area (Å²) in [5, 5.41) is 3.20. The molecule has 1 saturated heterocycles. The van der Waals surface area contributed by atoms with E-state index in [0.717, 1.165) is 44.8 Å². The molecule has 1 aliphatic rings. The minimum Gasteiger partial charge on any atom is -0.370 e. The van der Waals surface area contributed by atoms with Crippen LogP contribution in [0.25, 0.3) is 0 Å². The highest BCUT2D eigenvalue weighted by molar-refractivity contribution is 5.92. The summed E-state index contributed by atoms with van der Waals surface area (Å²) in [4.78, 5) is 9.51. The Labute approximate surface area is 169 Å². The number of guanidine groups is 1. The van der Waals surface area contributed by atoms with Gasteiger partial charge in [0.2, 0.25) is 0 Å². The van der Waals surface area contributed by atoms with Crippen LogP contribution >= 0.6 is 0 Å². The molecule has 1 unspecified atom stereocenters. The summed E-state index contributed by atoms with van der Waals surface area (Å²) in [5.74, 6) is 0.487. The largest absolute Gasteiger partial charge is 0.370 e. The normalized spacial score (nSPS) is 19.0. The number of nitrogens with two attached hydrogens (primary N) is 1. The lowest BCUT2D eigenvalue weighted by atomic mass is 10.0. The highest BCUT2D eigenvalue weighted by Crippen LogP contribution is 2.24. The molecule has 1 fully saturated rings. The number of piperazine rings is 1. The molecule has 0 radical (unpaired) electrons. The molecule has 5 nitrogen and oxygen atoms in total. The van der Waals surface area contributed by atoms with Crippen LogP contribution in [0.15, 0.2) is 53.5 Å². The number of rotatable bonds is 6. The Morgan fingerprint density at radius 3 is 2.64 bits per heavy atom. The molecule has 0 amide bonds. The maximum atomic E-state index is 6.07. The summed E-state index contributed by atoms with van der Waals surface area (Å²) >= 11 is 0. The third-order valence-corrected chi connectivity index (χ3v) is 5.54. The van der Waals surface area contributed by atoms with Gasteiger partial charge in [0.05, 0.1) is 0 Å². The molecule has 0 bridgehead atoms. The predicted octanol–water partition coefficient (Wildman–Crippen LogP) is 3.41. The second-order valence-corrected chi connectivity index (χ2v) is 7.77. The summed E-state index contributed by atoms with van der Waals surface area (Å²) in [6.45, 7) is 9.26. The molecule has 5 heteroatoms. The Kier molecular flexibility index (Phi) is 7.06. The zero-order valence-electron chi connectivity index (χ0n) is 17.4. The number of nitrogens with zero attached hydrogens (tertiary/aromatic N) is 3. The van der Waals surface area contributed by atoms with Crippen LogP contribution < -0.4 is 11.1 Å². The van der Waals surface area contributed by atoms with Crippen LogP contribution in [0.3, 0.4) is 0 Å². The second-order valence-electron chi connectivity index (χ2n) is 7.77. The SMILES string of the molecule is Cc1ccc(NC(N)=NCCCN2CCN(C)CC2c2ccccc2)cc1C. The van der Waals surface area contributed by atoms with E-state index in [9.17, 15) is 0 Å². The molecule has 0 saturated carbocycles. The molecular formula is C23H33N5. The maximum Gasteiger partial charge on any atom is 0.193 e. The van der Waals surface area contributed by atoms with Crippen LogP contribution in [-0.2, 0) is 0 Å². The van der Waals surface area contributed by atoms with E-state index in [1.54, 1.807) is 0 Å². The topological polar surface area (TPSA) is 56.9 Å².